The number of Topliss-reactive ketones (excluding diaryl/α,β-unsaturated/α-hetero) is 1. The monoisotopic (exact) mass is 248 g/mol. The second-order valence-corrected chi connectivity index (χ2v) is 4.24. The van der Waals surface area contributed by atoms with Crippen LogP contribution in [0.5, 0.6) is 0 Å². The number of nitrogens with one attached hydrogen (secondary N) is 1. The lowest BCUT2D eigenvalue weighted by atomic mass is 10.1. The Labute approximate surface area is 103 Å². The van der Waals surface area contributed by atoms with Gasteiger partial charge in [0.2, 0.25) is 0 Å². The van der Waals surface area contributed by atoms with Crippen LogP contribution in [0, 0.1) is 0 Å². The van der Waals surface area contributed by atoms with E-state index >= 15 is 0 Å². The van der Waals surface area contributed by atoms with Crippen molar-refractivity contribution in [2.24, 2.45) is 0 Å². The lowest BCUT2D eigenvalue weighted by Crippen LogP contribution is -1.99. The Balaban J connectivity index is 1.85. The number of carbonyl (C=O) groups is 1. The lowest BCUT2D eigenvalue weighted by molar-refractivity contribution is 0.101. The van der Waals surface area contributed by atoms with Gasteiger partial charge >= 0.3 is 0 Å². The summed E-state index contributed by atoms with van der Waals surface area (Å²) in [7, 11) is 0. The first kappa shape index (κ1) is 11.1. The van der Waals surface area contributed by atoms with Crippen LogP contribution in [-0.4, -0.2) is 39.3 Å². The minimum absolute atomic E-state index is 0.110. The van der Waals surface area contributed by atoms with E-state index in [-0.39, 0.29) is 11.7 Å². The van der Waals surface area contributed by atoms with E-state index < -0.39 is 0 Å². The maximum absolute atomic E-state index is 11.1. The van der Waals surface area contributed by atoms with E-state index in [2.05, 4.69) is 20.3 Å². The fourth-order valence-corrected chi connectivity index (χ4v) is 1.86. The molecule has 18 heavy (non-hydrogen) atoms. The number of ketones is 1. The summed E-state index contributed by atoms with van der Waals surface area (Å²) in [4.78, 5) is 15.4. The first-order chi connectivity index (χ1) is 8.74. The molecule has 0 spiro atoms. The molecule has 2 aromatic rings. The molecule has 1 fully saturated rings. The number of aromatic nitrogens is 4. The number of hydrogen-bond acceptors (Lipinski definition) is 6. The van der Waals surface area contributed by atoms with Gasteiger partial charge < -0.3 is 9.26 Å². The molecular formula is C11H12N4O3. The van der Waals surface area contributed by atoms with Gasteiger partial charge in [-0.25, -0.2) is 0 Å². The third kappa shape index (κ3) is 1.92. The summed E-state index contributed by atoms with van der Waals surface area (Å²) in [5.41, 5.74) is 0.909. The molecule has 0 amide bonds. The van der Waals surface area contributed by atoms with Gasteiger partial charge in [0.05, 0.1) is 6.61 Å². The number of carbonyl (C=O) groups excluding carboxylic acids is 1. The predicted octanol–water partition coefficient (Wildman–Crippen LogP) is 1.17. The standard InChI is InChI=1S/C11H12N4O3/c1-6(16)8-4-9(14-13-8)11-12-10(15-18-11)7-2-3-17-5-7/h4,7H,2-3,5H2,1H3,(H,13,14)/t7-/m1/s1. The molecule has 1 saturated heterocycles. The maximum Gasteiger partial charge on any atom is 0.275 e. The van der Waals surface area contributed by atoms with E-state index in [1.807, 2.05) is 0 Å². The van der Waals surface area contributed by atoms with Crippen molar-refractivity contribution in [3.8, 4) is 11.6 Å². The summed E-state index contributed by atoms with van der Waals surface area (Å²) in [6.45, 7) is 2.81. The maximum atomic E-state index is 11.1. The molecule has 0 aliphatic carbocycles. The van der Waals surface area contributed by atoms with Gasteiger partial charge in [0.25, 0.3) is 5.89 Å². The zero-order valence-corrected chi connectivity index (χ0v) is 9.84. The highest BCUT2D eigenvalue weighted by Gasteiger charge is 2.24. The SMILES string of the molecule is CC(=O)c1cc(-c2nc([C@@H]3CCOC3)no2)[nH]n1. The van der Waals surface area contributed by atoms with Crippen molar-refractivity contribution in [1.29, 1.82) is 0 Å². The quantitative estimate of drug-likeness (QED) is 0.819. The van der Waals surface area contributed by atoms with E-state index in [1.165, 1.54) is 6.92 Å². The number of ether oxygens (including phenoxy) is 1. The number of H-pyrrole nitrogens is 1. The van der Waals surface area contributed by atoms with E-state index in [4.69, 9.17) is 9.26 Å². The topological polar surface area (TPSA) is 93.9 Å². The number of nitrogens with zero attached hydrogens (tertiary/aromatic N) is 3. The summed E-state index contributed by atoms with van der Waals surface area (Å²) < 4.78 is 10.4. The molecule has 1 aliphatic heterocycles. The minimum atomic E-state index is -0.110. The van der Waals surface area contributed by atoms with Gasteiger partial charge in [-0.2, -0.15) is 10.1 Å². The smallest absolute Gasteiger partial charge is 0.275 e. The average molecular weight is 248 g/mol. The molecule has 1 aliphatic rings. The highest BCUT2D eigenvalue weighted by molar-refractivity contribution is 5.92. The third-order valence-corrected chi connectivity index (χ3v) is 2.91. The van der Waals surface area contributed by atoms with Crippen molar-refractivity contribution >= 4 is 5.78 Å². The van der Waals surface area contributed by atoms with Crippen LogP contribution in [0.15, 0.2) is 10.6 Å². The highest BCUT2D eigenvalue weighted by Crippen LogP contribution is 2.25. The Morgan fingerprint density at radius 1 is 1.56 bits per heavy atom. The molecule has 1 N–H and O–H groups in total. The van der Waals surface area contributed by atoms with Crippen LogP contribution in [0.4, 0.5) is 0 Å². The molecule has 0 aromatic carbocycles. The van der Waals surface area contributed by atoms with Crippen molar-refractivity contribution < 1.29 is 14.1 Å². The minimum Gasteiger partial charge on any atom is -0.381 e. The molecule has 3 rings (SSSR count). The summed E-state index contributed by atoms with van der Waals surface area (Å²) >= 11 is 0. The number of aromatic amines is 1. The van der Waals surface area contributed by atoms with Crippen LogP contribution in [0.1, 0.15) is 35.6 Å². The second kappa shape index (κ2) is 4.34. The van der Waals surface area contributed by atoms with Crippen LogP contribution in [0.25, 0.3) is 11.6 Å². The summed E-state index contributed by atoms with van der Waals surface area (Å²) in [6.07, 6.45) is 0.903. The van der Waals surface area contributed by atoms with E-state index in [0.29, 0.717) is 29.7 Å². The Bertz CT molecular complexity index is 568. The molecule has 2 aromatic heterocycles. The Morgan fingerprint density at radius 2 is 2.44 bits per heavy atom. The normalized spacial score (nSPS) is 19.3. The van der Waals surface area contributed by atoms with Crippen molar-refractivity contribution in [2.45, 2.75) is 19.3 Å². The molecule has 0 bridgehead atoms. The molecular weight excluding hydrogens is 236 g/mol. The van der Waals surface area contributed by atoms with Crippen molar-refractivity contribution in [3.63, 3.8) is 0 Å². The molecule has 94 valence electrons. The molecule has 1 atom stereocenters. The van der Waals surface area contributed by atoms with Crippen molar-refractivity contribution in [2.75, 3.05) is 13.2 Å². The van der Waals surface area contributed by atoms with Gasteiger partial charge in [-0.1, -0.05) is 5.16 Å². The average Bonchev–Trinajstić information content (AvgIpc) is 3.10. The Hall–Kier alpha value is -2.02. The summed E-state index contributed by atoms with van der Waals surface area (Å²) in [6, 6.07) is 1.60. The largest absolute Gasteiger partial charge is 0.381 e. The number of hydrogen-bond donors (Lipinski definition) is 1. The van der Waals surface area contributed by atoms with Crippen molar-refractivity contribution in [3.05, 3.63) is 17.6 Å². The van der Waals surface area contributed by atoms with Gasteiger partial charge in [0.1, 0.15) is 11.4 Å². The molecule has 7 nitrogen and oxygen atoms in total. The molecule has 7 heteroatoms. The molecule has 0 unspecified atom stereocenters. The van der Waals surface area contributed by atoms with E-state index in [1.54, 1.807) is 6.07 Å². The van der Waals surface area contributed by atoms with Crippen LogP contribution in [0.2, 0.25) is 0 Å². The van der Waals surface area contributed by atoms with E-state index in [0.717, 1.165) is 13.0 Å². The number of rotatable bonds is 3. The second-order valence-electron chi connectivity index (χ2n) is 4.24. The van der Waals surface area contributed by atoms with Crippen LogP contribution < -0.4 is 0 Å². The predicted molar refractivity (Wildman–Crippen MR) is 60.1 cm³/mol. The molecule has 0 saturated carbocycles. The Morgan fingerprint density at radius 3 is 3.11 bits per heavy atom. The van der Waals surface area contributed by atoms with Crippen LogP contribution >= 0.6 is 0 Å². The zero-order chi connectivity index (χ0) is 12.5. The van der Waals surface area contributed by atoms with Gasteiger partial charge in [0.15, 0.2) is 11.6 Å². The first-order valence-corrected chi connectivity index (χ1v) is 5.72. The molecule has 3 heterocycles. The lowest BCUT2D eigenvalue weighted by Gasteiger charge is -1.97. The van der Waals surface area contributed by atoms with Gasteiger partial charge in [-0.3, -0.25) is 9.89 Å². The third-order valence-electron chi connectivity index (χ3n) is 2.91. The van der Waals surface area contributed by atoms with Crippen molar-refractivity contribution in [1.82, 2.24) is 20.3 Å². The van der Waals surface area contributed by atoms with Gasteiger partial charge in [-0.15, -0.1) is 0 Å². The fraction of sp³-hybridized carbons (Fsp3) is 0.455. The van der Waals surface area contributed by atoms with Crippen LogP contribution in [-0.2, 0) is 4.74 Å². The molecule has 0 radical (unpaired) electrons. The van der Waals surface area contributed by atoms with Crippen LogP contribution in [0.3, 0.4) is 0 Å². The van der Waals surface area contributed by atoms with E-state index in [9.17, 15) is 4.79 Å². The fourth-order valence-electron chi connectivity index (χ4n) is 1.86. The zero-order valence-electron chi connectivity index (χ0n) is 9.84. The first-order valence-electron chi connectivity index (χ1n) is 5.72. The highest BCUT2D eigenvalue weighted by atomic mass is 16.5. The Kier molecular flexibility index (Phi) is 2.67. The van der Waals surface area contributed by atoms with Gasteiger partial charge in [0, 0.05) is 19.4 Å². The summed E-state index contributed by atoms with van der Waals surface area (Å²) in [5.74, 6) is 1.07. The summed E-state index contributed by atoms with van der Waals surface area (Å²) in [5, 5.41) is 10.5. The van der Waals surface area contributed by atoms with Gasteiger partial charge in [-0.05, 0) is 12.5 Å².